The third kappa shape index (κ3) is 2.48. The van der Waals surface area contributed by atoms with Gasteiger partial charge in [0.25, 0.3) is 0 Å². The highest BCUT2D eigenvalue weighted by Crippen LogP contribution is 2.14. The van der Waals surface area contributed by atoms with Gasteiger partial charge in [-0.2, -0.15) is 5.10 Å². The highest BCUT2D eigenvalue weighted by atomic mass is 79.9. The Morgan fingerprint density at radius 2 is 2.17 bits per heavy atom. The molecule has 0 unspecified atom stereocenters. The monoisotopic (exact) mass is 308 g/mol. The van der Waals surface area contributed by atoms with Crippen molar-refractivity contribution in [2.24, 2.45) is 0 Å². The Morgan fingerprint density at radius 3 is 2.83 bits per heavy atom. The van der Waals surface area contributed by atoms with Crippen molar-refractivity contribution >= 4 is 21.9 Å². The molecular formula is C12H9BrN2O3. The van der Waals surface area contributed by atoms with Gasteiger partial charge in [-0.3, -0.25) is 4.79 Å². The van der Waals surface area contributed by atoms with Crippen LogP contribution in [0.4, 0.5) is 0 Å². The quantitative estimate of drug-likeness (QED) is 0.793. The molecule has 0 N–H and O–H groups in total. The lowest BCUT2D eigenvalue weighted by atomic mass is 10.3. The molecule has 18 heavy (non-hydrogen) atoms. The van der Waals surface area contributed by atoms with E-state index >= 15 is 0 Å². The van der Waals surface area contributed by atoms with E-state index in [4.69, 9.17) is 0 Å². The van der Waals surface area contributed by atoms with Crippen molar-refractivity contribution in [1.82, 2.24) is 9.78 Å². The van der Waals surface area contributed by atoms with Crippen LogP contribution >= 0.6 is 15.9 Å². The second-order valence-electron chi connectivity index (χ2n) is 3.44. The van der Waals surface area contributed by atoms with Crippen molar-refractivity contribution in [3.05, 3.63) is 56.9 Å². The number of hydrogen-bond donors (Lipinski definition) is 0. The fourth-order valence-electron chi connectivity index (χ4n) is 1.41. The Kier molecular flexibility index (Phi) is 3.57. The van der Waals surface area contributed by atoms with E-state index < -0.39 is 11.4 Å². The first-order chi connectivity index (χ1) is 8.61. The van der Waals surface area contributed by atoms with Gasteiger partial charge in [-0.15, -0.1) is 0 Å². The summed E-state index contributed by atoms with van der Waals surface area (Å²) in [5, 5.41) is 3.96. The zero-order chi connectivity index (χ0) is 13.1. The number of halogens is 1. The number of methoxy groups -OCH3 is 1. The molecule has 5 nitrogen and oxygen atoms in total. The van der Waals surface area contributed by atoms with E-state index in [1.807, 2.05) is 24.3 Å². The smallest absolute Gasteiger partial charge is 0.362 e. The molecule has 0 saturated carbocycles. The maximum atomic E-state index is 11.5. The highest BCUT2D eigenvalue weighted by Gasteiger charge is 2.13. The van der Waals surface area contributed by atoms with E-state index in [1.165, 1.54) is 24.1 Å². The molecule has 0 fully saturated rings. The van der Waals surface area contributed by atoms with Crippen LogP contribution in [0, 0.1) is 0 Å². The number of esters is 1. The van der Waals surface area contributed by atoms with Gasteiger partial charge in [0.05, 0.1) is 12.8 Å². The fourth-order valence-corrected chi connectivity index (χ4v) is 1.80. The summed E-state index contributed by atoms with van der Waals surface area (Å²) in [6.07, 6.45) is 1.50. The number of aromatic nitrogens is 2. The average Bonchev–Trinajstić information content (AvgIpc) is 2.38. The van der Waals surface area contributed by atoms with Crippen LogP contribution in [0.2, 0.25) is 0 Å². The van der Waals surface area contributed by atoms with E-state index in [9.17, 15) is 9.59 Å². The first kappa shape index (κ1) is 12.5. The van der Waals surface area contributed by atoms with Gasteiger partial charge in [0.2, 0.25) is 11.1 Å². The topological polar surface area (TPSA) is 61.2 Å². The molecule has 0 radical (unpaired) electrons. The fraction of sp³-hybridized carbons (Fsp3) is 0.0833. The van der Waals surface area contributed by atoms with E-state index in [2.05, 4.69) is 25.8 Å². The third-order valence-corrected chi connectivity index (χ3v) is 2.75. The first-order valence-electron chi connectivity index (χ1n) is 5.06. The van der Waals surface area contributed by atoms with Crippen LogP contribution in [-0.2, 0) is 4.74 Å². The Bertz CT molecular complexity index is 652. The van der Waals surface area contributed by atoms with E-state index in [-0.39, 0.29) is 5.69 Å². The minimum Gasteiger partial charge on any atom is -0.464 e. The van der Waals surface area contributed by atoms with Gasteiger partial charge in [0.15, 0.2) is 0 Å². The summed E-state index contributed by atoms with van der Waals surface area (Å²) in [6, 6.07) is 8.60. The number of nitrogens with zero attached hydrogens (tertiary/aromatic N) is 2. The molecule has 0 saturated heterocycles. The van der Waals surface area contributed by atoms with E-state index in [0.717, 1.165) is 10.2 Å². The molecule has 0 aliphatic carbocycles. The first-order valence-corrected chi connectivity index (χ1v) is 5.85. The summed E-state index contributed by atoms with van der Waals surface area (Å²) in [7, 11) is 1.21. The molecule has 1 heterocycles. The molecular weight excluding hydrogens is 300 g/mol. The zero-order valence-corrected chi connectivity index (χ0v) is 11.0. The summed E-state index contributed by atoms with van der Waals surface area (Å²) < 4.78 is 6.83. The Hall–Kier alpha value is -1.95. The number of benzene rings is 1. The van der Waals surface area contributed by atoms with Crippen LogP contribution in [0.3, 0.4) is 0 Å². The van der Waals surface area contributed by atoms with Gasteiger partial charge >= 0.3 is 5.97 Å². The van der Waals surface area contributed by atoms with Gasteiger partial charge in [-0.25, -0.2) is 9.48 Å². The minimum absolute atomic E-state index is 0.236. The molecule has 0 aliphatic rings. The summed E-state index contributed by atoms with van der Waals surface area (Å²) in [6.45, 7) is 0. The molecule has 1 aromatic carbocycles. The summed E-state index contributed by atoms with van der Waals surface area (Å²) in [5.41, 5.74) is 0.0302. The predicted molar refractivity (Wildman–Crippen MR) is 68.9 cm³/mol. The van der Waals surface area contributed by atoms with E-state index in [0.29, 0.717) is 0 Å². The lowest BCUT2D eigenvalue weighted by Gasteiger charge is -2.06. The second kappa shape index (κ2) is 5.14. The van der Waals surface area contributed by atoms with Gasteiger partial charge in [0.1, 0.15) is 0 Å². The summed E-state index contributed by atoms with van der Waals surface area (Å²) in [4.78, 5) is 22.9. The normalized spacial score (nSPS) is 10.1. The molecule has 0 aliphatic heterocycles. The number of ether oxygens (including phenoxy) is 1. The highest BCUT2D eigenvalue weighted by molar-refractivity contribution is 9.10. The van der Waals surface area contributed by atoms with Gasteiger partial charge in [-0.1, -0.05) is 22.0 Å². The molecule has 0 bridgehead atoms. The molecule has 0 spiro atoms. The molecule has 0 atom stereocenters. The van der Waals surface area contributed by atoms with Crippen molar-refractivity contribution in [3.8, 4) is 5.69 Å². The van der Waals surface area contributed by atoms with Crippen molar-refractivity contribution in [3.63, 3.8) is 0 Å². The van der Waals surface area contributed by atoms with Crippen molar-refractivity contribution < 1.29 is 9.53 Å². The number of hydrogen-bond acceptors (Lipinski definition) is 4. The molecule has 0 amide bonds. The van der Waals surface area contributed by atoms with Crippen LogP contribution in [0.25, 0.3) is 5.69 Å². The molecule has 2 rings (SSSR count). The van der Waals surface area contributed by atoms with Gasteiger partial charge in [0, 0.05) is 16.7 Å². The van der Waals surface area contributed by atoms with Crippen LogP contribution in [0.15, 0.2) is 45.8 Å². The predicted octanol–water partition coefficient (Wildman–Crippen LogP) is 1.78. The Labute approximate surface area is 111 Å². The van der Waals surface area contributed by atoms with Gasteiger partial charge < -0.3 is 4.74 Å². The average molecular weight is 309 g/mol. The summed E-state index contributed by atoms with van der Waals surface area (Å²) >= 11 is 3.34. The summed E-state index contributed by atoms with van der Waals surface area (Å²) in [5.74, 6) is -0.746. The minimum atomic E-state index is -0.746. The van der Waals surface area contributed by atoms with Crippen LogP contribution in [-0.4, -0.2) is 22.9 Å². The van der Waals surface area contributed by atoms with Crippen molar-refractivity contribution in [2.45, 2.75) is 0 Å². The molecule has 6 heteroatoms. The lowest BCUT2D eigenvalue weighted by molar-refractivity contribution is 0.0590. The maximum Gasteiger partial charge on any atom is 0.362 e. The second-order valence-corrected chi connectivity index (χ2v) is 4.36. The van der Waals surface area contributed by atoms with Crippen molar-refractivity contribution in [1.29, 1.82) is 0 Å². The standard InChI is InChI=1S/C12H9BrN2O3/c1-18-12(17)11-10(16)5-6-15(14-11)9-4-2-3-8(13)7-9/h2-7H,1H3. The van der Waals surface area contributed by atoms with Gasteiger partial charge in [-0.05, 0) is 18.2 Å². The number of carbonyl (C=O) groups is 1. The third-order valence-electron chi connectivity index (χ3n) is 2.26. The molecule has 92 valence electrons. The SMILES string of the molecule is COC(=O)c1nn(-c2cccc(Br)c2)ccc1=O. The Morgan fingerprint density at radius 1 is 1.39 bits per heavy atom. The van der Waals surface area contributed by atoms with Crippen LogP contribution in [0.1, 0.15) is 10.5 Å². The molecule has 2 aromatic rings. The zero-order valence-electron chi connectivity index (χ0n) is 9.46. The largest absolute Gasteiger partial charge is 0.464 e. The maximum absolute atomic E-state index is 11.5. The number of rotatable bonds is 2. The van der Waals surface area contributed by atoms with Crippen LogP contribution in [0.5, 0.6) is 0 Å². The van der Waals surface area contributed by atoms with Crippen LogP contribution < -0.4 is 5.43 Å². The van der Waals surface area contributed by atoms with Crippen molar-refractivity contribution in [2.75, 3.05) is 7.11 Å². The molecule has 1 aromatic heterocycles. The lowest BCUT2D eigenvalue weighted by Crippen LogP contribution is -2.21. The Balaban J connectivity index is 2.54. The number of carbonyl (C=O) groups excluding carboxylic acids is 1. The van der Waals surface area contributed by atoms with E-state index in [1.54, 1.807) is 0 Å².